The van der Waals surface area contributed by atoms with Crippen molar-refractivity contribution in [1.82, 2.24) is 14.9 Å². The van der Waals surface area contributed by atoms with E-state index in [2.05, 4.69) is 39.3 Å². The highest BCUT2D eigenvalue weighted by Gasteiger charge is 2.23. The van der Waals surface area contributed by atoms with E-state index in [-0.39, 0.29) is 0 Å². The number of hydrazine groups is 1. The molecule has 3 N–H and O–H groups in total. The molecule has 6 nitrogen and oxygen atoms in total. The number of nitrogen functional groups attached to an aromatic ring is 1. The van der Waals surface area contributed by atoms with Gasteiger partial charge in [0.05, 0.1) is 0 Å². The van der Waals surface area contributed by atoms with Gasteiger partial charge in [0.2, 0.25) is 0 Å². The quantitative estimate of drug-likeness (QED) is 0.605. The van der Waals surface area contributed by atoms with Gasteiger partial charge in [0, 0.05) is 25.2 Å². The van der Waals surface area contributed by atoms with Crippen LogP contribution in [0.15, 0.2) is 6.33 Å². The van der Waals surface area contributed by atoms with Crippen LogP contribution in [0.4, 0.5) is 11.6 Å². The van der Waals surface area contributed by atoms with Crippen LogP contribution >= 0.6 is 0 Å². The van der Waals surface area contributed by atoms with E-state index in [1.54, 1.807) is 6.33 Å². The average Bonchev–Trinajstić information content (AvgIpc) is 2.38. The van der Waals surface area contributed by atoms with Crippen LogP contribution in [0.25, 0.3) is 0 Å². The number of nitrogens with one attached hydrogen (secondary N) is 1. The summed E-state index contributed by atoms with van der Waals surface area (Å²) in [5.74, 6) is 7.10. The minimum absolute atomic E-state index is 0.503. The van der Waals surface area contributed by atoms with E-state index in [9.17, 15) is 0 Å². The summed E-state index contributed by atoms with van der Waals surface area (Å²) in [7, 11) is 4.26. The second-order valence-corrected chi connectivity index (χ2v) is 4.98. The predicted octanol–water partition coefficient (Wildman–Crippen LogP) is 0.601. The number of nitrogens with zero attached hydrogens (tertiary/aromatic N) is 4. The van der Waals surface area contributed by atoms with Crippen molar-refractivity contribution in [3.05, 3.63) is 11.9 Å². The lowest BCUT2D eigenvalue weighted by Gasteiger charge is -2.37. The third kappa shape index (κ3) is 2.54. The van der Waals surface area contributed by atoms with E-state index in [4.69, 9.17) is 5.84 Å². The molecule has 0 spiro atoms. The summed E-state index contributed by atoms with van der Waals surface area (Å²) in [4.78, 5) is 13.1. The molecule has 0 bridgehead atoms. The molecule has 2 heterocycles. The lowest BCUT2D eigenvalue weighted by atomic mass is 10.0. The van der Waals surface area contributed by atoms with Crippen molar-refractivity contribution >= 4 is 11.6 Å². The van der Waals surface area contributed by atoms with E-state index in [1.807, 2.05) is 6.92 Å². The van der Waals surface area contributed by atoms with Gasteiger partial charge >= 0.3 is 0 Å². The number of rotatable bonds is 3. The van der Waals surface area contributed by atoms with Gasteiger partial charge in [-0.15, -0.1) is 0 Å². The van der Waals surface area contributed by atoms with Crippen molar-refractivity contribution in [2.45, 2.75) is 25.8 Å². The Hall–Kier alpha value is -1.40. The minimum Gasteiger partial charge on any atom is -0.355 e. The molecule has 1 aliphatic rings. The van der Waals surface area contributed by atoms with Gasteiger partial charge in [-0.25, -0.2) is 15.8 Å². The van der Waals surface area contributed by atoms with Crippen LogP contribution in [0.3, 0.4) is 0 Å². The zero-order chi connectivity index (χ0) is 13.1. The van der Waals surface area contributed by atoms with E-state index in [0.29, 0.717) is 11.9 Å². The summed E-state index contributed by atoms with van der Waals surface area (Å²) in [6.07, 6.45) is 3.99. The third-order valence-electron chi connectivity index (χ3n) is 3.68. The summed E-state index contributed by atoms with van der Waals surface area (Å²) < 4.78 is 0. The molecule has 6 heteroatoms. The molecule has 0 saturated carbocycles. The number of hydrogen-bond donors (Lipinski definition) is 2. The van der Waals surface area contributed by atoms with Crippen molar-refractivity contribution in [1.29, 1.82) is 0 Å². The van der Waals surface area contributed by atoms with Crippen molar-refractivity contribution < 1.29 is 0 Å². The molecular formula is C12H22N6. The molecule has 1 aromatic heterocycles. The van der Waals surface area contributed by atoms with E-state index in [0.717, 1.165) is 17.9 Å². The SMILES string of the molecule is Cc1c(NN)ncnc1N(C)C1CCCN(C)C1. The van der Waals surface area contributed by atoms with E-state index < -0.39 is 0 Å². The van der Waals surface area contributed by atoms with Crippen LogP contribution in [-0.4, -0.2) is 48.1 Å². The van der Waals surface area contributed by atoms with Crippen molar-refractivity contribution in [2.75, 3.05) is 37.5 Å². The lowest BCUT2D eigenvalue weighted by molar-refractivity contribution is 0.247. The van der Waals surface area contributed by atoms with Crippen LogP contribution in [0, 0.1) is 6.92 Å². The summed E-state index contributed by atoms with van der Waals surface area (Å²) >= 11 is 0. The maximum Gasteiger partial charge on any atom is 0.148 e. The molecule has 0 amide bonds. The molecule has 1 unspecified atom stereocenters. The number of aromatic nitrogens is 2. The Morgan fingerprint density at radius 1 is 1.50 bits per heavy atom. The van der Waals surface area contributed by atoms with Gasteiger partial charge in [-0.05, 0) is 33.4 Å². The monoisotopic (exact) mass is 250 g/mol. The Kier molecular flexibility index (Phi) is 3.98. The van der Waals surface area contributed by atoms with Crippen molar-refractivity contribution in [3.8, 4) is 0 Å². The first kappa shape index (κ1) is 13.0. The average molecular weight is 250 g/mol. The fourth-order valence-electron chi connectivity index (χ4n) is 2.57. The summed E-state index contributed by atoms with van der Waals surface area (Å²) in [6.45, 7) is 4.25. The minimum atomic E-state index is 0.503. The van der Waals surface area contributed by atoms with Gasteiger partial charge in [-0.2, -0.15) is 0 Å². The van der Waals surface area contributed by atoms with Gasteiger partial charge in [0.1, 0.15) is 18.0 Å². The van der Waals surface area contributed by atoms with E-state index >= 15 is 0 Å². The molecule has 0 radical (unpaired) electrons. The van der Waals surface area contributed by atoms with Gasteiger partial charge in [0.15, 0.2) is 0 Å². The first-order chi connectivity index (χ1) is 8.63. The molecule has 1 saturated heterocycles. The predicted molar refractivity (Wildman–Crippen MR) is 73.5 cm³/mol. The van der Waals surface area contributed by atoms with E-state index in [1.165, 1.54) is 19.4 Å². The fourth-order valence-corrected chi connectivity index (χ4v) is 2.57. The number of piperidine rings is 1. The molecule has 1 atom stereocenters. The fraction of sp³-hybridized carbons (Fsp3) is 0.667. The summed E-state index contributed by atoms with van der Waals surface area (Å²) in [6, 6.07) is 0.503. The third-order valence-corrected chi connectivity index (χ3v) is 3.68. The Labute approximate surface area is 108 Å². The molecule has 2 rings (SSSR count). The molecule has 1 aliphatic heterocycles. The number of hydrogen-bond acceptors (Lipinski definition) is 6. The Morgan fingerprint density at radius 3 is 2.94 bits per heavy atom. The second kappa shape index (κ2) is 5.49. The van der Waals surface area contributed by atoms with Crippen LogP contribution < -0.4 is 16.2 Å². The molecule has 1 aromatic rings. The summed E-state index contributed by atoms with van der Waals surface area (Å²) in [5, 5.41) is 0. The molecule has 18 heavy (non-hydrogen) atoms. The highest BCUT2D eigenvalue weighted by Crippen LogP contribution is 2.24. The zero-order valence-electron chi connectivity index (χ0n) is 11.3. The number of likely N-dealkylation sites (N-methyl/N-ethyl adjacent to an activating group) is 2. The Morgan fingerprint density at radius 2 is 2.28 bits per heavy atom. The molecule has 0 aromatic carbocycles. The maximum atomic E-state index is 5.45. The molecule has 1 fully saturated rings. The molecule has 0 aliphatic carbocycles. The van der Waals surface area contributed by atoms with Gasteiger partial charge in [-0.1, -0.05) is 0 Å². The topological polar surface area (TPSA) is 70.3 Å². The van der Waals surface area contributed by atoms with Gasteiger partial charge in [-0.3, -0.25) is 0 Å². The van der Waals surface area contributed by atoms with Crippen LogP contribution in [0.2, 0.25) is 0 Å². The van der Waals surface area contributed by atoms with Crippen LogP contribution in [-0.2, 0) is 0 Å². The second-order valence-electron chi connectivity index (χ2n) is 4.98. The maximum absolute atomic E-state index is 5.45. The first-order valence-electron chi connectivity index (χ1n) is 6.33. The smallest absolute Gasteiger partial charge is 0.148 e. The lowest BCUT2D eigenvalue weighted by Crippen LogP contribution is -2.45. The van der Waals surface area contributed by atoms with Gasteiger partial charge < -0.3 is 15.2 Å². The van der Waals surface area contributed by atoms with Crippen molar-refractivity contribution in [3.63, 3.8) is 0 Å². The molecule has 100 valence electrons. The number of anilines is 2. The number of nitrogens with two attached hydrogens (primary N) is 1. The molecular weight excluding hydrogens is 228 g/mol. The van der Waals surface area contributed by atoms with Crippen LogP contribution in [0.5, 0.6) is 0 Å². The van der Waals surface area contributed by atoms with Crippen LogP contribution in [0.1, 0.15) is 18.4 Å². The largest absolute Gasteiger partial charge is 0.355 e. The number of likely N-dealkylation sites (tertiary alicyclic amines) is 1. The van der Waals surface area contributed by atoms with Crippen molar-refractivity contribution in [2.24, 2.45) is 5.84 Å². The standard InChI is InChI=1S/C12H22N6/c1-9-11(16-13)14-8-15-12(9)18(3)10-5-4-6-17(2)7-10/h8,10H,4-7,13H2,1-3H3,(H,14,15,16). The highest BCUT2D eigenvalue weighted by atomic mass is 15.3. The zero-order valence-corrected chi connectivity index (χ0v) is 11.3. The first-order valence-corrected chi connectivity index (χ1v) is 6.33. The Bertz CT molecular complexity index is 408. The van der Waals surface area contributed by atoms with Gasteiger partial charge in [0.25, 0.3) is 0 Å². The normalized spacial score (nSPS) is 20.8. The summed E-state index contributed by atoms with van der Waals surface area (Å²) in [5.41, 5.74) is 3.61. The highest BCUT2D eigenvalue weighted by molar-refractivity contribution is 5.57. The Balaban J connectivity index is 2.20.